The molecule has 27 heavy (non-hydrogen) atoms. The molecule has 1 atom stereocenters. The molecule has 0 radical (unpaired) electrons. The van der Waals surface area contributed by atoms with Gasteiger partial charge in [0.15, 0.2) is 9.84 Å². The second kappa shape index (κ2) is 7.49. The summed E-state index contributed by atoms with van der Waals surface area (Å²) in [5.41, 5.74) is 0.451. The number of hydrogen-bond acceptors (Lipinski definition) is 5. The molecule has 1 aliphatic rings. The summed E-state index contributed by atoms with van der Waals surface area (Å²) in [6, 6.07) is 11.2. The van der Waals surface area contributed by atoms with E-state index in [9.17, 15) is 21.6 Å². The number of sulfonamides is 1. The third-order valence-electron chi connectivity index (χ3n) is 4.07. The van der Waals surface area contributed by atoms with Crippen molar-refractivity contribution in [3.05, 3.63) is 59.1 Å². The Balaban J connectivity index is 1.73. The molecule has 1 aliphatic heterocycles. The summed E-state index contributed by atoms with van der Waals surface area (Å²) in [5.74, 6) is -0.481. The Morgan fingerprint density at radius 2 is 1.81 bits per heavy atom. The van der Waals surface area contributed by atoms with Gasteiger partial charge in [0.2, 0.25) is 0 Å². The van der Waals surface area contributed by atoms with E-state index in [2.05, 4.69) is 10.0 Å². The summed E-state index contributed by atoms with van der Waals surface area (Å²) >= 11 is 5.77. The second-order valence-corrected chi connectivity index (χ2v) is 10.6. The molecule has 1 heterocycles. The van der Waals surface area contributed by atoms with Crippen molar-refractivity contribution in [1.29, 1.82) is 0 Å². The molecule has 2 aromatic carbocycles. The van der Waals surface area contributed by atoms with E-state index in [1.807, 2.05) is 0 Å². The molecule has 1 amide bonds. The molecule has 1 saturated heterocycles. The van der Waals surface area contributed by atoms with Crippen LogP contribution >= 0.6 is 11.6 Å². The van der Waals surface area contributed by atoms with Crippen LogP contribution < -0.4 is 10.0 Å². The molecule has 3 rings (SSSR count). The zero-order valence-corrected chi connectivity index (χ0v) is 16.4. The first kappa shape index (κ1) is 19.7. The summed E-state index contributed by atoms with van der Waals surface area (Å²) in [6.07, 6.45) is 0.372. The van der Waals surface area contributed by atoms with Crippen LogP contribution in [0.1, 0.15) is 16.8 Å². The zero-order valence-electron chi connectivity index (χ0n) is 14.1. The van der Waals surface area contributed by atoms with Crippen molar-refractivity contribution in [2.75, 3.05) is 16.2 Å². The lowest BCUT2D eigenvalue weighted by Crippen LogP contribution is -2.35. The Bertz CT molecular complexity index is 1070. The Morgan fingerprint density at radius 3 is 2.44 bits per heavy atom. The van der Waals surface area contributed by atoms with Crippen LogP contribution in [0.2, 0.25) is 5.02 Å². The van der Waals surface area contributed by atoms with Crippen molar-refractivity contribution >= 4 is 43.1 Å². The lowest BCUT2D eigenvalue weighted by atomic mass is 10.1. The average molecular weight is 429 g/mol. The van der Waals surface area contributed by atoms with Gasteiger partial charge in [-0.1, -0.05) is 17.7 Å². The van der Waals surface area contributed by atoms with E-state index < -0.39 is 31.8 Å². The van der Waals surface area contributed by atoms with Gasteiger partial charge in [-0.25, -0.2) is 16.8 Å². The van der Waals surface area contributed by atoms with Gasteiger partial charge in [0.05, 0.1) is 16.4 Å². The molecular formula is C17H17ClN2O5S2. The normalized spacial score (nSPS) is 18.8. The zero-order chi connectivity index (χ0) is 19.7. The van der Waals surface area contributed by atoms with Gasteiger partial charge in [0.1, 0.15) is 0 Å². The minimum atomic E-state index is -3.83. The predicted octanol–water partition coefficient (Wildman–Crippen LogP) is 2.06. The molecule has 144 valence electrons. The van der Waals surface area contributed by atoms with Gasteiger partial charge in [-0.2, -0.15) is 0 Å². The van der Waals surface area contributed by atoms with Gasteiger partial charge >= 0.3 is 0 Å². The van der Waals surface area contributed by atoms with E-state index in [0.29, 0.717) is 11.4 Å². The van der Waals surface area contributed by atoms with Crippen molar-refractivity contribution in [3.63, 3.8) is 0 Å². The molecule has 0 saturated carbocycles. The third-order valence-corrected chi connectivity index (χ3v) is 7.49. The number of nitrogens with one attached hydrogen (secondary N) is 2. The highest BCUT2D eigenvalue weighted by Crippen LogP contribution is 2.19. The highest BCUT2D eigenvalue weighted by atomic mass is 35.5. The molecule has 0 aliphatic carbocycles. The fourth-order valence-electron chi connectivity index (χ4n) is 2.73. The number of sulfone groups is 1. The summed E-state index contributed by atoms with van der Waals surface area (Å²) in [6.45, 7) is 0. The molecule has 0 spiro atoms. The van der Waals surface area contributed by atoms with Crippen molar-refractivity contribution in [1.82, 2.24) is 5.32 Å². The van der Waals surface area contributed by atoms with Gasteiger partial charge in [0, 0.05) is 22.3 Å². The minimum absolute atomic E-state index is 0.0397. The first-order valence-corrected chi connectivity index (χ1v) is 11.7. The SMILES string of the molecule is O=C(N[C@@H]1CCS(=O)(=O)C1)c1cccc(NS(=O)(=O)c2ccc(Cl)cc2)c1. The molecule has 0 aromatic heterocycles. The third kappa shape index (κ3) is 5.00. The molecular weight excluding hydrogens is 412 g/mol. The van der Waals surface area contributed by atoms with Crippen LogP contribution in [0.15, 0.2) is 53.4 Å². The van der Waals surface area contributed by atoms with Gasteiger partial charge < -0.3 is 5.32 Å². The summed E-state index contributed by atoms with van der Waals surface area (Å²) in [7, 11) is -6.93. The van der Waals surface area contributed by atoms with Crippen molar-refractivity contribution in [2.45, 2.75) is 17.4 Å². The lowest BCUT2D eigenvalue weighted by molar-refractivity contribution is 0.0941. The Kier molecular flexibility index (Phi) is 5.45. The number of amides is 1. The topological polar surface area (TPSA) is 109 Å². The monoisotopic (exact) mass is 428 g/mol. The van der Waals surface area contributed by atoms with Crippen LogP contribution in [0, 0.1) is 0 Å². The Hall–Kier alpha value is -2.10. The maximum Gasteiger partial charge on any atom is 0.261 e. The smallest absolute Gasteiger partial charge is 0.261 e. The van der Waals surface area contributed by atoms with Crippen molar-refractivity contribution in [3.8, 4) is 0 Å². The van der Waals surface area contributed by atoms with Crippen molar-refractivity contribution in [2.24, 2.45) is 0 Å². The maximum absolute atomic E-state index is 12.4. The number of halogens is 1. The number of benzene rings is 2. The minimum Gasteiger partial charge on any atom is -0.348 e. The van der Waals surface area contributed by atoms with Crippen LogP contribution in [0.3, 0.4) is 0 Å². The van der Waals surface area contributed by atoms with Gasteiger partial charge in [-0.05, 0) is 48.9 Å². The van der Waals surface area contributed by atoms with E-state index in [-0.39, 0.29) is 27.7 Å². The highest BCUT2D eigenvalue weighted by molar-refractivity contribution is 7.92. The first-order valence-electron chi connectivity index (χ1n) is 8.04. The van der Waals surface area contributed by atoms with Crippen LogP contribution in [0.5, 0.6) is 0 Å². The Labute approximate surface area is 162 Å². The average Bonchev–Trinajstić information content (AvgIpc) is 2.93. The molecule has 2 N–H and O–H groups in total. The molecule has 2 aromatic rings. The number of carbonyl (C=O) groups excluding carboxylic acids is 1. The first-order chi connectivity index (χ1) is 12.6. The van der Waals surface area contributed by atoms with Gasteiger partial charge in [0.25, 0.3) is 15.9 Å². The van der Waals surface area contributed by atoms with Crippen molar-refractivity contribution < 1.29 is 21.6 Å². The van der Waals surface area contributed by atoms with E-state index in [1.54, 1.807) is 6.07 Å². The standard InChI is InChI=1S/C17H17ClN2O5S2/c18-13-4-6-16(7-5-13)27(24,25)20-14-3-1-2-12(10-14)17(21)19-15-8-9-26(22,23)11-15/h1-7,10,15,20H,8-9,11H2,(H,19,21)/t15-/m1/s1. The maximum atomic E-state index is 12.4. The van der Waals surface area contributed by atoms with E-state index >= 15 is 0 Å². The summed E-state index contributed by atoms with van der Waals surface area (Å²) in [4.78, 5) is 12.4. The highest BCUT2D eigenvalue weighted by Gasteiger charge is 2.29. The predicted molar refractivity (Wildman–Crippen MR) is 103 cm³/mol. The fourth-order valence-corrected chi connectivity index (χ4v) is 5.58. The molecule has 0 unspecified atom stereocenters. The van der Waals surface area contributed by atoms with E-state index in [1.165, 1.54) is 42.5 Å². The van der Waals surface area contributed by atoms with Gasteiger partial charge in [-0.15, -0.1) is 0 Å². The summed E-state index contributed by atoms with van der Waals surface area (Å²) in [5, 5.41) is 3.09. The number of anilines is 1. The number of carbonyl (C=O) groups is 1. The quantitative estimate of drug-likeness (QED) is 0.757. The molecule has 7 nitrogen and oxygen atoms in total. The van der Waals surface area contributed by atoms with E-state index in [0.717, 1.165) is 0 Å². The van der Waals surface area contributed by atoms with Crippen LogP contribution in [0.4, 0.5) is 5.69 Å². The van der Waals surface area contributed by atoms with Crippen LogP contribution in [-0.2, 0) is 19.9 Å². The van der Waals surface area contributed by atoms with E-state index in [4.69, 9.17) is 11.6 Å². The summed E-state index contributed by atoms with van der Waals surface area (Å²) < 4.78 is 50.2. The van der Waals surface area contributed by atoms with Crippen LogP contribution in [-0.4, -0.2) is 40.3 Å². The fraction of sp³-hybridized carbons (Fsp3) is 0.235. The lowest BCUT2D eigenvalue weighted by Gasteiger charge is -2.12. The van der Waals surface area contributed by atoms with Gasteiger partial charge in [-0.3, -0.25) is 9.52 Å². The molecule has 1 fully saturated rings. The number of rotatable bonds is 5. The second-order valence-electron chi connectivity index (χ2n) is 6.21. The number of hydrogen-bond donors (Lipinski definition) is 2. The molecule has 0 bridgehead atoms. The van der Waals surface area contributed by atoms with Crippen LogP contribution in [0.25, 0.3) is 0 Å². The molecule has 10 heteroatoms. The largest absolute Gasteiger partial charge is 0.348 e. The Morgan fingerprint density at radius 1 is 1.11 bits per heavy atom.